The number of aliphatic hydroxyl groups is 2. The van der Waals surface area contributed by atoms with Crippen LogP contribution in [0.25, 0.3) is 0 Å². The zero-order valence-corrected chi connectivity index (χ0v) is 37.6. The second kappa shape index (κ2) is 19.1. The van der Waals surface area contributed by atoms with Crippen molar-refractivity contribution in [1.29, 1.82) is 0 Å². The molecule has 2 bridgehead atoms. The molecule has 0 radical (unpaired) electrons. The highest BCUT2D eigenvalue weighted by Gasteiger charge is 2.58. The van der Waals surface area contributed by atoms with Gasteiger partial charge in [-0.15, -0.1) is 0 Å². The van der Waals surface area contributed by atoms with Crippen LogP contribution in [-0.4, -0.2) is 138 Å². The van der Waals surface area contributed by atoms with Crippen molar-refractivity contribution in [3.63, 3.8) is 0 Å². The van der Waals surface area contributed by atoms with Gasteiger partial charge in [-0.25, -0.2) is 0 Å². The molecule has 2 N–H and O–H groups in total. The fraction of sp³-hybridized carbons (Fsp3) is 0.884. The molecule has 0 unspecified atom stereocenters. The predicted octanol–water partition coefficient (Wildman–Crippen LogP) is 4.81. The maximum absolute atomic E-state index is 14.7. The number of carbonyl (C=O) groups is 3. The Morgan fingerprint density at radius 2 is 1.55 bits per heavy atom. The normalized spacial score (nSPS) is 44.1. The van der Waals surface area contributed by atoms with Crippen molar-refractivity contribution < 1.29 is 67.2 Å². The van der Waals surface area contributed by atoms with E-state index in [-0.39, 0.29) is 37.8 Å². The van der Waals surface area contributed by atoms with Gasteiger partial charge >= 0.3 is 17.9 Å². The van der Waals surface area contributed by atoms with Crippen LogP contribution < -0.4 is 0 Å². The molecule has 0 saturated carbocycles. The van der Waals surface area contributed by atoms with Crippen LogP contribution in [-0.2, 0) is 57.0 Å². The van der Waals surface area contributed by atoms with Gasteiger partial charge in [0.2, 0.25) is 0 Å². The molecule has 4 aliphatic heterocycles. The predicted molar refractivity (Wildman–Crippen MR) is 212 cm³/mol. The second-order valence-electron chi connectivity index (χ2n) is 17.9. The molecule has 0 aromatic heterocycles. The SMILES string of the molecule is CCC(=O)O[C@@H]1[C@@H](C)C2=C(C)C[C@@](C)(O2)[C@H](O[C@@H]2O[C@H](C)C[C@H](N(C)C)[C@H]2O)[C@@H](C)[C@H](O[C@H]2C[C@@](C)(OC)[C@@H](O)[C@H](C)O2)[C@@H](C)C(=O)O[C@H](CC)[C@@]1(C)OC(=O)CC. The quantitative estimate of drug-likeness (QED) is 0.214. The monoisotopic (exact) mass is 828 g/mol. The van der Waals surface area contributed by atoms with Gasteiger partial charge in [0.25, 0.3) is 0 Å². The van der Waals surface area contributed by atoms with Crippen molar-refractivity contribution >= 4 is 17.9 Å². The number of hydrogen-bond donors (Lipinski definition) is 2. The number of ether oxygens (including phenoxy) is 9. The van der Waals surface area contributed by atoms with Gasteiger partial charge in [-0.2, -0.15) is 0 Å². The van der Waals surface area contributed by atoms with Crippen molar-refractivity contribution in [2.75, 3.05) is 21.2 Å². The first kappa shape index (κ1) is 48.3. The summed E-state index contributed by atoms with van der Waals surface area (Å²) in [5.74, 6) is -3.59. The fourth-order valence-corrected chi connectivity index (χ4v) is 9.58. The molecular formula is C43H73NO14. The van der Waals surface area contributed by atoms with Gasteiger partial charge in [-0.1, -0.05) is 34.6 Å². The summed E-state index contributed by atoms with van der Waals surface area (Å²) in [4.78, 5) is 43.1. The van der Waals surface area contributed by atoms with Gasteiger partial charge in [0.15, 0.2) is 24.3 Å². The van der Waals surface area contributed by atoms with Gasteiger partial charge in [-0.3, -0.25) is 14.4 Å². The third kappa shape index (κ3) is 9.88. The molecular weight excluding hydrogens is 754 g/mol. The van der Waals surface area contributed by atoms with Crippen LogP contribution in [0.2, 0.25) is 0 Å². The lowest BCUT2D eigenvalue weighted by atomic mass is 9.78. The number of aliphatic hydroxyl groups excluding tert-OH is 2. The molecule has 334 valence electrons. The summed E-state index contributed by atoms with van der Waals surface area (Å²) in [7, 11) is 5.32. The molecule has 4 heterocycles. The third-order valence-electron chi connectivity index (χ3n) is 13.1. The van der Waals surface area contributed by atoms with E-state index >= 15 is 0 Å². The van der Waals surface area contributed by atoms with Gasteiger partial charge in [0.05, 0.1) is 35.7 Å². The van der Waals surface area contributed by atoms with Crippen molar-refractivity contribution in [3.05, 3.63) is 11.3 Å². The van der Waals surface area contributed by atoms with Crippen molar-refractivity contribution in [3.8, 4) is 0 Å². The molecule has 4 aliphatic rings. The van der Waals surface area contributed by atoms with Gasteiger partial charge in [0.1, 0.15) is 35.8 Å². The van der Waals surface area contributed by atoms with Crippen molar-refractivity contribution in [2.24, 2.45) is 17.8 Å². The van der Waals surface area contributed by atoms with E-state index in [2.05, 4.69) is 0 Å². The number of methoxy groups -OCH3 is 1. The van der Waals surface area contributed by atoms with E-state index in [1.54, 1.807) is 41.5 Å². The van der Waals surface area contributed by atoms with E-state index in [0.29, 0.717) is 18.6 Å². The van der Waals surface area contributed by atoms with Crippen LogP contribution in [0.1, 0.15) is 122 Å². The van der Waals surface area contributed by atoms with E-state index in [1.807, 2.05) is 60.5 Å². The Kier molecular flexibility index (Phi) is 15.9. The summed E-state index contributed by atoms with van der Waals surface area (Å²) in [5, 5.41) is 22.8. The molecule has 4 rings (SSSR count). The van der Waals surface area contributed by atoms with E-state index in [9.17, 15) is 24.6 Å². The lowest BCUT2D eigenvalue weighted by Crippen LogP contribution is -2.60. The van der Waals surface area contributed by atoms with Gasteiger partial charge in [0, 0.05) is 44.8 Å². The lowest BCUT2D eigenvalue weighted by Gasteiger charge is -2.48. The smallest absolute Gasteiger partial charge is 0.311 e. The molecule has 0 spiro atoms. The molecule has 3 fully saturated rings. The number of rotatable bonds is 11. The summed E-state index contributed by atoms with van der Waals surface area (Å²) in [5.41, 5.74) is -2.98. The molecule has 58 heavy (non-hydrogen) atoms. The first-order valence-electron chi connectivity index (χ1n) is 21.2. The van der Waals surface area contributed by atoms with E-state index in [0.717, 1.165) is 5.57 Å². The Morgan fingerprint density at radius 1 is 0.914 bits per heavy atom. The number of esters is 3. The molecule has 3 saturated heterocycles. The average Bonchev–Trinajstić information content (AvgIpc) is 3.49. The number of carbonyl (C=O) groups excluding carboxylic acids is 3. The number of cyclic esters (lactones) is 1. The summed E-state index contributed by atoms with van der Waals surface area (Å²) in [6, 6.07) is -0.272. The Balaban J connectivity index is 1.94. The largest absolute Gasteiger partial charge is 0.488 e. The average molecular weight is 828 g/mol. The van der Waals surface area contributed by atoms with E-state index < -0.39 is 108 Å². The number of likely N-dealkylation sites (N-methyl/N-ethyl adjacent to an activating group) is 1. The fourth-order valence-electron chi connectivity index (χ4n) is 9.58. The summed E-state index contributed by atoms with van der Waals surface area (Å²) < 4.78 is 58.0. The molecule has 15 heteroatoms. The van der Waals surface area contributed by atoms with Crippen LogP contribution in [0, 0.1) is 17.8 Å². The number of fused-ring (bicyclic) bond motifs is 2. The minimum atomic E-state index is -1.65. The Bertz CT molecular complexity index is 1470. The lowest BCUT2D eigenvalue weighted by molar-refractivity contribution is -0.316. The Labute approximate surface area is 345 Å². The highest BCUT2D eigenvalue weighted by Crippen LogP contribution is 2.48. The zero-order valence-electron chi connectivity index (χ0n) is 37.6. The molecule has 0 aromatic carbocycles. The highest BCUT2D eigenvalue weighted by atomic mass is 16.7. The molecule has 0 aromatic rings. The van der Waals surface area contributed by atoms with Crippen LogP contribution in [0.15, 0.2) is 11.3 Å². The second-order valence-corrected chi connectivity index (χ2v) is 17.9. The summed E-state index contributed by atoms with van der Waals surface area (Å²) in [6.07, 6.45) is -7.65. The van der Waals surface area contributed by atoms with Crippen molar-refractivity contribution in [1.82, 2.24) is 4.90 Å². The van der Waals surface area contributed by atoms with E-state index in [1.165, 1.54) is 7.11 Å². The number of hydrogen-bond acceptors (Lipinski definition) is 15. The van der Waals surface area contributed by atoms with Crippen LogP contribution in [0.3, 0.4) is 0 Å². The first-order chi connectivity index (χ1) is 27.0. The first-order valence-corrected chi connectivity index (χ1v) is 21.2. The Hall–Kier alpha value is -2.37. The number of nitrogens with zero attached hydrogens (tertiary/aromatic N) is 1. The zero-order chi connectivity index (χ0) is 43.7. The molecule has 0 aliphatic carbocycles. The third-order valence-corrected chi connectivity index (χ3v) is 13.1. The van der Waals surface area contributed by atoms with Gasteiger partial charge in [-0.05, 0) is 81.0 Å². The highest BCUT2D eigenvalue weighted by molar-refractivity contribution is 5.74. The topological polar surface area (TPSA) is 178 Å². The Morgan fingerprint density at radius 3 is 2.12 bits per heavy atom. The molecule has 15 nitrogen and oxygen atoms in total. The maximum Gasteiger partial charge on any atom is 0.311 e. The van der Waals surface area contributed by atoms with Crippen LogP contribution in [0.4, 0.5) is 0 Å². The van der Waals surface area contributed by atoms with E-state index in [4.69, 9.17) is 42.6 Å². The minimum absolute atomic E-state index is 0.0270. The standard InChI is InChI=1S/C43H73NO14/c1-16-29-43(12,57-31(46)18-3)38(54-30(45)17-2)24(6)34-22(4)20-42(11,58-34)37(56-40-33(47)28(44(13)14)19-23(5)51-40)25(7)35(26(8)39(49)53-29)55-32-21-41(10,50-15)36(48)27(9)52-32/h23-29,32-33,35-38,40,47-48H,16-21H2,1-15H3/t23-,24+,25+,26-,27+,28+,29-,32+,33-,35+,36+,37-,38-,40+,41-,42-,43-/m1/s1. The van der Waals surface area contributed by atoms with Gasteiger partial charge < -0.3 is 57.7 Å². The maximum atomic E-state index is 14.7. The van der Waals surface area contributed by atoms with Crippen LogP contribution >= 0.6 is 0 Å². The summed E-state index contributed by atoms with van der Waals surface area (Å²) >= 11 is 0. The minimum Gasteiger partial charge on any atom is -0.488 e. The van der Waals surface area contributed by atoms with Crippen molar-refractivity contribution in [2.45, 2.75) is 206 Å². The molecule has 0 amide bonds. The van der Waals surface area contributed by atoms with Crippen LogP contribution in [0.5, 0.6) is 0 Å². The molecule has 17 atom stereocenters. The summed E-state index contributed by atoms with van der Waals surface area (Å²) in [6.45, 7) is 21.5.